The second kappa shape index (κ2) is 8.73. The lowest BCUT2D eigenvalue weighted by atomic mass is 10.3. The minimum atomic E-state index is -0.377. The minimum Gasteiger partial charge on any atom is -0.484 e. The summed E-state index contributed by atoms with van der Waals surface area (Å²) in [6.45, 7) is 2.60. The number of carbonyl (C=O) groups excluding carboxylic acids is 2. The molecule has 0 spiro atoms. The van der Waals surface area contributed by atoms with Crippen molar-refractivity contribution in [3.63, 3.8) is 0 Å². The van der Waals surface area contributed by atoms with E-state index in [1.807, 2.05) is 6.92 Å². The largest absolute Gasteiger partial charge is 0.484 e. The van der Waals surface area contributed by atoms with Gasteiger partial charge in [-0.2, -0.15) is 0 Å². The van der Waals surface area contributed by atoms with Gasteiger partial charge in [-0.25, -0.2) is 0 Å². The van der Waals surface area contributed by atoms with E-state index in [-0.39, 0.29) is 24.2 Å². The molecule has 0 radical (unpaired) electrons. The Kier molecular flexibility index (Phi) is 6.39. The number of anilines is 1. The van der Waals surface area contributed by atoms with Crippen LogP contribution in [0.3, 0.4) is 0 Å². The molecule has 7 nitrogen and oxygen atoms in total. The average molecular weight is 332 g/mol. The van der Waals surface area contributed by atoms with Gasteiger partial charge in [-0.1, -0.05) is 6.07 Å². The van der Waals surface area contributed by atoms with E-state index >= 15 is 0 Å². The number of amides is 2. The maximum Gasteiger partial charge on any atom is 0.291 e. The zero-order valence-corrected chi connectivity index (χ0v) is 13.6. The molecule has 2 aromatic rings. The molecule has 0 saturated heterocycles. The van der Waals surface area contributed by atoms with Crippen molar-refractivity contribution in [1.82, 2.24) is 5.32 Å². The molecule has 0 unspecified atom stereocenters. The van der Waals surface area contributed by atoms with Crippen LogP contribution in [0.5, 0.6) is 5.75 Å². The summed E-state index contributed by atoms with van der Waals surface area (Å²) in [5.74, 6) is 0.669. The van der Waals surface area contributed by atoms with E-state index in [9.17, 15) is 9.59 Å². The lowest BCUT2D eigenvalue weighted by Crippen LogP contribution is -2.28. The van der Waals surface area contributed by atoms with Crippen molar-refractivity contribution >= 4 is 17.5 Å². The summed E-state index contributed by atoms with van der Waals surface area (Å²) in [6.07, 6.45) is 0. The molecule has 2 N–H and O–H groups in total. The number of hydrogen-bond acceptors (Lipinski definition) is 5. The molecule has 0 fully saturated rings. The van der Waals surface area contributed by atoms with Gasteiger partial charge in [0.05, 0.1) is 0 Å². The highest BCUT2D eigenvalue weighted by atomic mass is 16.5. The Labute approximate surface area is 139 Å². The molecule has 1 heterocycles. The second-order valence-electron chi connectivity index (χ2n) is 4.92. The van der Waals surface area contributed by atoms with Crippen molar-refractivity contribution in [3.8, 4) is 5.75 Å². The van der Waals surface area contributed by atoms with Gasteiger partial charge >= 0.3 is 0 Å². The van der Waals surface area contributed by atoms with E-state index in [1.54, 1.807) is 43.5 Å². The number of furan rings is 1. The summed E-state index contributed by atoms with van der Waals surface area (Å²) in [6, 6.07) is 10.1. The standard InChI is InChI=1S/C17H20N2O5/c1-3-18-16(20)11-23-13-6-4-5-12(9-13)19-17(21)15-8-7-14(24-15)10-22-2/h4-9H,3,10-11H2,1-2H3,(H,18,20)(H,19,21). The summed E-state index contributed by atoms with van der Waals surface area (Å²) in [5, 5.41) is 5.35. The van der Waals surface area contributed by atoms with Crippen LogP contribution >= 0.6 is 0 Å². The van der Waals surface area contributed by atoms with Crippen molar-refractivity contribution in [3.05, 3.63) is 47.9 Å². The monoisotopic (exact) mass is 332 g/mol. The number of carbonyl (C=O) groups is 2. The molecule has 1 aromatic carbocycles. The van der Waals surface area contributed by atoms with Gasteiger partial charge < -0.3 is 24.5 Å². The van der Waals surface area contributed by atoms with E-state index in [4.69, 9.17) is 13.9 Å². The van der Waals surface area contributed by atoms with E-state index in [2.05, 4.69) is 10.6 Å². The fraction of sp³-hybridized carbons (Fsp3) is 0.294. The maximum atomic E-state index is 12.1. The molecular formula is C17H20N2O5. The molecule has 0 aliphatic heterocycles. The Hall–Kier alpha value is -2.80. The summed E-state index contributed by atoms with van der Waals surface area (Å²) >= 11 is 0. The fourth-order valence-corrected chi connectivity index (χ4v) is 1.97. The third kappa shape index (κ3) is 5.13. The van der Waals surface area contributed by atoms with Crippen LogP contribution in [0.25, 0.3) is 0 Å². The topological polar surface area (TPSA) is 89.8 Å². The molecule has 0 bridgehead atoms. The number of ether oxygens (including phenoxy) is 2. The van der Waals surface area contributed by atoms with Crippen LogP contribution in [0, 0.1) is 0 Å². The Morgan fingerprint density at radius 2 is 2.04 bits per heavy atom. The van der Waals surface area contributed by atoms with E-state index in [0.717, 1.165) is 0 Å². The third-order valence-electron chi connectivity index (χ3n) is 3.01. The molecule has 7 heteroatoms. The van der Waals surface area contributed by atoms with Gasteiger partial charge in [-0.3, -0.25) is 9.59 Å². The van der Waals surface area contributed by atoms with Crippen molar-refractivity contribution < 1.29 is 23.5 Å². The molecule has 1 aromatic heterocycles. The predicted octanol–water partition coefficient (Wildman–Crippen LogP) is 2.19. The Bertz CT molecular complexity index is 696. The highest BCUT2D eigenvalue weighted by molar-refractivity contribution is 6.02. The van der Waals surface area contributed by atoms with E-state index in [1.165, 1.54) is 0 Å². The fourth-order valence-electron chi connectivity index (χ4n) is 1.97. The number of likely N-dealkylation sites (N-methyl/N-ethyl adjacent to an activating group) is 1. The molecule has 0 atom stereocenters. The van der Waals surface area contributed by atoms with Crippen LogP contribution in [0.2, 0.25) is 0 Å². The summed E-state index contributed by atoms with van der Waals surface area (Å²) in [4.78, 5) is 23.5. The minimum absolute atomic E-state index is 0.0796. The van der Waals surface area contributed by atoms with Gasteiger partial charge in [0.15, 0.2) is 12.4 Å². The van der Waals surface area contributed by atoms with Gasteiger partial charge in [0.25, 0.3) is 11.8 Å². The summed E-state index contributed by atoms with van der Waals surface area (Å²) < 4.78 is 15.7. The van der Waals surface area contributed by atoms with Crippen LogP contribution in [0.1, 0.15) is 23.2 Å². The molecule has 24 heavy (non-hydrogen) atoms. The van der Waals surface area contributed by atoms with Crippen LogP contribution in [0.4, 0.5) is 5.69 Å². The zero-order chi connectivity index (χ0) is 17.4. The molecule has 2 amide bonds. The molecule has 0 saturated carbocycles. The highest BCUT2D eigenvalue weighted by Crippen LogP contribution is 2.18. The van der Waals surface area contributed by atoms with Crippen molar-refractivity contribution in [2.24, 2.45) is 0 Å². The molecular weight excluding hydrogens is 312 g/mol. The van der Waals surface area contributed by atoms with Crippen molar-refractivity contribution in [2.45, 2.75) is 13.5 Å². The quantitative estimate of drug-likeness (QED) is 0.773. The van der Waals surface area contributed by atoms with Crippen LogP contribution in [-0.4, -0.2) is 32.1 Å². The zero-order valence-electron chi connectivity index (χ0n) is 13.6. The van der Waals surface area contributed by atoms with Gasteiger partial charge in [-0.05, 0) is 31.2 Å². The average Bonchev–Trinajstić information content (AvgIpc) is 3.03. The van der Waals surface area contributed by atoms with Crippen molar-refractivity contribution in [2.75, 3.05) is 25.6 Å². The predicted molar refractivity (Wildman–Crippen MR) is 88.0 cm³/mol. The van der Waals surface area contributed by atoms with Crippen LogP contribution in [0.15, 0.2) is 40.8 Å². The van der Waals surface area contributed by atoms with E-state index in [0.29, 0.717) is 30.3 Å². The van der Waals surface area contributed by atoms with E-state index < -0.39 is 0 Å². The first-order valence-corrected chi connectivity index (χ1v) is 7.51. The number of benzene rings is 1. The normalized spacial score (nSPS) is 10.2. The molecule has 128 valence electrons. The highest BCUT2D eigenvalue weighted by Gasteiger charge is 2.12. The van der Waals surface area contributed by atoms with Gasteiger partial charge in [0, 0.05) is 25.4 Å². The van der Waals surface area contributed by atoms with Gasteiger partial charge in [-0.15, -0.1) is 0 Å². The number of rotatable bonds is 8. The first-order chi connectivity index (χ1) is 11.6. The van der Waals surface area contributed by atoms with Crippen LogP contribution < -0.4 is 15.4 Å². The first kappa shape index (κ1) is 17.6. The molecule has 2 rings (SSSR count). The summed E-state index contributed by atoms with van der Waals surface area (Å²) in [7, 11) is 1.55. The smallest absolute Gasteiger partial charge is 0.291 e. The maximum absolute atomic E-state index is 12.1. The Balaban J connectivity index is 1.95. The lowest BCUT2D eigenvalue weighted by molar-refractivity contribution is -0.122. The Morgan fingerprint density at radius 3 is 2.79 bits per heavy atom. The summed E-state index contributed by atoms with van der Waals surface area (Å²) in [5.41, 5.74) is 0.540. The molecule has 0 aliphatic carbocycles. The van der Waals surface area contributed by atoms with Crippen LogP contribution in [-0.2, 0) is 16.1 Å². The molecule has 0 aliphatic rings. The number of nitrogens with one attached hydrogen (secondary N) is 2. The third-order valence-corrected chi connectivity index (χ3v) is 3.01. The Morgan fingerprint density at radius 1 is 1.21 bits per heavy atom. The number of methoxy groups -OCH3 is 1. The van der Waals surface area contributed by atoms with Gasteiger partial charge in [0.2, 0.25) is 0 Å². The van der Waals surface area contributed by atoms with Crippen molar-refractivity contribution in [1.29, 1.82) is 0 Å². The first-order valence-electron chi connectivity index (χ1n) is 7.51. The second-order valence-corrected chi connectivity index (χ2v) is 4.92. The van der Waals surface area contributed by atoms with Gasteiger partial charge in [0.1, 0.15) is 18.1 Å². The number of hydrogen-bond donors (Lipinski definition) is 2. The SMILES string of the molecule is CCNC(=O)COc1cccc(NC(=O)c2ccc(COC)o2)c1. The lowest BCUT2D eigenvalue weighted by Gasteiger charge is -2.08.